The normalized spacial score (nSPS) is 13.2. The molecule has 0 fully saturated rings. The molecule has 0 bridgehead atoms. The molecule has 0 aliphatic rings. The molecule has 9 nitrogen and oxygen atoms in total. The van der Waals surface area contributed by atoms with Crippen LogP contribution in [0.2, 0.25) is 0 Å². The zero-order valence-corrected chi connectivity index (χ0v) is 16.5. The lowest BCUT2D eigenvalue weighted by Crippen LogP contribution is -2.31. The molecule has 0 spiro atoms. The molecule has 0 aliphatic heterocycles. The van der Waals surface area contributed by atoms with Gasteiger partial charge in [-0.3, -0.25) is 13.9 Å². The van der Waals surface area contributed by atoms with Gasteiger partial charge in [0.2, 0.25) is 18.4 Å². The molecule has 1 heterocycles. The highest BCUT2D eigenvalue weighted by Gasteiger charge is 2.29. The minimum Gasteiger partial charge on any atom is -0.432 e. The molecule has 0 saturated heterocycles. The number of benzene rings is 1. The van der Waals surface area contributed by atoms with E-state index in [1.807, 2.05) is 30.3 Å². The highest BCUT2D eigenvalue weighted by Crippen LogP contribution is 2.25. The van der Waals surface area contributed by atoms with Gasteiger partial charge >= 0.3 is 12.1 Å². The van der Waals surface area contributed by atoms with Crippen LogP contribution >= 0.6 is 0 Å². The Kier molecular flexibility index (Phi) is 7.00. The second kappa shape index (κ2) is 9.24. The van der Waals surface area contributed by atoms with E-state index in [0.29, 0.717) is 0 Å². The van der Waals surface area contributed by atoms with Gasteiger partial charge in [-0.2, -0.15) is 0 Å². The van der Waals surface area contributed by atoms with Crippen molar-refractivity contribution in [2.75, 3.05) is 0 Å². The van der Waals surface area contributed by atoms with Crippen molar-refractivity contribution in [3.8, 4) is 0 Å². The van der Waals surface area contributed by atoms with Crippen LogP contribution < -0.4 is 0 Å². The van der Waals surface area contributed by atoms with Gasteiger partial charge in [-0.1, -0.05) is 36.9 Å². The topological polar surface area (TPSA) is 114 Å². The summed E-state index contributed by atoms with van der Waals surface area (Å²) in [5.41, 5.74) is -0.601. The molecule has 0 saturated carbocycles. The molecule has 0 aliphatic carbocycles. The molecule has 9 heteroatoms. The van der Waals surface area contributed by atoms with Gasteiger partial charge in [0.15, 0.2) is 6.26 Å². The molecular weight excluding hydrogens is 384 g/mol. The highest BCUT2D eigenvalue weighted by molar-refractivity contribution is 6.22. The summed E-state index contributed by atoms with van der Waals surface area (Å²) in [6, 6.07) is 9.14. The van der Waals surface area contributed by atoms with Gasteiger partial charge in [-0.05, 0) is 33.3 Å². The summed E-state index contributed by atoms with van der Waals surface area (Å²) in [5, 5.41) is 0. The summed E-state index contributed by atoms with van der Waals surface area (Å²) in [6.45, 7) is 9.59. The van der Waals surface area contributed by atoms with Crippen molar-refractivity contribution in [3.05, 3.63) is 60.1 Å². The summed E-state index contributed by atoms with van der Waals surface area (Å²) in [7, 11) is 0. The minimum atomic E-state index is -1.13. The smallest absolute Gasteiger partial charge is 0.432 e. The van der Waals surface area contributed by atoms with Gasteiger partial charge in [0, 0.05) is 0 Å². The first-order valence-corrected chi connectivity index (χ1v) is 8.69. The van der Waals surface area contributed by atoms with Crippen LogP contribution in [0, 0.1) is 0 Å². The third-order valence-electron chi connectivity index (χ3n) is 3.76. The van der Waals surface area contributed by atoms with E-state index in [1.54, 1.807) is 13.8 Å². The van der Waals surface area contributed by atoms with Crippen LogP contribution in [0.1, 0.15) is 43.8 Å². The lowest BCUT2D eigenvalue weighted by Gasteiger charge is -2.26. The maximum absolute atomic E-state index is 12.0. The van der Waals surface area contributed by atoms with Gasteiger partial charge in [0.05, 0.1) is 0 Å². The second-order valence-corrected chi connectivity index (χ2v) is 6.49. The average molecular weight is 406 g/mol. The van der Waals surface area contributed by atoms with Crippen molar-refractivity contribution in [3.63, 3.8) is 0 Å². The first-order chi connectivity index (χ1) is 13.6. The maximum Gasteiger partial charge on any atom is 0.511 e. The maximum atomic E-state index is 12.0. The average Bonchev–Trinajstić information content (AvgIpc) is 2.59. The van der Waals surface area contributed by atoms with E-state index in [2.05, 4.69) is 15.7 Å². The van der Waals surface area contributed by atoms with Crippen LogP contribution in [0.4, 0.5) is 4.79 Å². The molecule has 2 aromatic rings. The van der Waals surface area contributed by atoms with E-state index in [0.717, 1.165) is 11.8 Å². The quantitative estimate of drug-likeness (QED) is 0.116. The van der Waals surface area contributed by atoms with E-state index in [4.69, 9.17) is 18.9 Å². The zero-order valence-electron chi connectivity index (χ0n) is 16.5. The van der Waals surface area contributed by atoms with Crippen LogP contribution in [0.3, 0.4) is 0 Å². The Hall–Kier alpha value is -3.33. The number of hydrogen-bond donors (Lipinski definition) is 0. The summed E-state index contributed by atoms with van der Waals surface area (Å²) < 4.78 is 29.2. The van der Waals surface area contributed by atoms with Gasteiger partial charge in [-0.25, -0.2) is 9.59 Å². The van der Waals surface area contributed by atoms with Crippen molar-refractivity contribution < 1.29 is 42.5 Å². The fourth-order valence-corrected chi connectivity index (χ4v) is 2.24. The molecule has 0 amide bonds. The van der Waals surface area contributed by atoms with Crippen LogP contribution in [-0.4, -0.2) is 30.5 Å². The number of Topliss-reactive ketones (excluding diaryl/α,β-unsaturated/α-hetero) is 1. The number of ketones is 1. The SMILES string of the molecule is C=C(C(=O)OC(C)OC(C)OC(=O)OC(C)(C)c1ccccc1)C(=O)c1coo1. The predicted molar refractivity (Wildman–Crippen MR) is 97.6 cm³/mol. The molecule has 0 radical (unpaired) electrons. The lowest BCUT2D eigenvalue weighted by atomic mass is 9.98. The molecule has 2 atom stereocenters. The van der Waals surface area contributed by atoms with Crippen LogP contribution in [0.15, 0.2) is 57.9 Å². The Morgan fingerprint density at radius 3 is 2.17 bits per heavy atom. The van der Waals surface area contributed by atoms with E-state index in [1.165, 1.54) is 13.8 Å². The molecule has 1 aromatic heterocycles. The van der Waals surface area contributed by atoms with Crippen molar-refractivity contribution in [2.45, 2.75) is 45.9 Å². The van der Waals surface area contributed by atoms with Crippen molar-refractivity contribution in [1.29, 1.82) is 0 Å². The standard InChI is InChI=1S/C20H22O9/c1-12(17(21)16-11-24-29-16)18(22)26-13(2)25-14(3)27-19(23)28-20(4,5)15-9-7-6-8-10-15/h6-11,13-14H,1H2,2-5H3. The van der Waals surface area contributed by atoms with E-state index in [-0.39, 0.29) is 5.76 Å². The second-order valence-electron chi connectivity index (χ2n) is 6.49. The van der Waals surface area contributed by atoms with E-state index >= 15 is 0 Å². The van der Waals surface area contributed by atoms with Gasteiger partial charge in [0.1, 0.15) is 11.2 Å². The summed E-state index contributed by atoms with van der Waals surface area (Å²) in [6.07, 6.45) is -2.16. The van der Waals surface area contributed by atoms with E-state index in [9.17, 15) is 14.4 Å². The Morgan fingerprint density at radius 1 is 1.03 bits per heavy atom. The lowest BCUT2D eigenvalue weighted by molar-refractivity contribution is -0.218. The van der Waals surface area contributed by atoms with Gasteiger partial charge in [-0.15, -0.1) is 0 Å². The third-order valence-corrected chi connectivity index (χ3v) is 3.76. The van der Waals surface area contributed by atoms with Gasteiger partial charge in [0.25, 0.3) is 5.76 Å². The predicted octanol–water partition coefficient (Wildman–Crippen LogP) is 3.95. The number of rotatable bonds is 9. The monoisotopic (exact) mass is 406 g/mol. The van der Waals surface area contributed by atoms with Crippen LogP contribution in [0.25, 0.3) is 0 Å². The number of ether oxygens (including phenoxy) is 4. The van der Waals surface area contributed by atoms with E-state index < -0.39 is 41.7 Å². The zero-order chi connectivity index (χ0) is 21.6. The Bertz CT molecular complexity index is 850. The molecule has 2 unspecified atom stereocenters. The van der Waals surface area contributed by atoms with Crippen LogP contribution in [-0.2, 0) is 29.3 Å². The third kappa shape index (κ3) is 6.08. The number of carbonyl (C=O) groups is 3. The largest absolute Gasteiger partial charge is 0.511 e. The number of carbonyl (C=O) groups excluding carboxylic acids is 3. The molecule has 29 heavy (non-hydrogen) atoms. The fourth-order valence-electron chi connectivity index (χ4n) is 2.24. The number of esters is 1. The Labute approximate surface area is 167 Å². The summed E-state index contributed by atoms with van der Waals surface area (Å²) in [5.74, 6) is -1.95. The molecular formula is C20H22O9. The summed E-state index contributed by atoms with van der Waals surface area (Å²) in [4.78, 5) is 35.7. The number of hydrogen-bond acceptors (Lipinski definition) is 9. The van der Waals surface area contributed by atoms with Crippen molar-refractivity contribution >= 4 is 17.9 Å². The van der Waals surface area contributed by atoms with Crippen LogP contribution in [0.5, 0.6) is 0 Å². The van der Waals surface area contributed by atoms with Crippen molar-refractivity contribution in [1.82, 2.24) is 0 Å². The van der Waals surface area contributed by atoms with Crippen molar-refractivity contribution in [2.24, 2.45) is 0 Å². The minimum absolute atomic E-state index is 0.166. The molecule has 2 rings (SSSR count). The first-order valence-electron chi connectivity index (χ1n) is 8.69. The molecule has 0 N–H and O–H groups in total. The fraction of sp³-hybridized carbons (Fsp3) is 0.350. The Morgan fingerprint density at radius 2 is 1.62 bits per heavy atom. The molecule has 156 valence electrons. The highest BCUT2D eigenvalue weighted by atomic mass is 17.0. The summed E-state index contributed by atoms with van der Waals surface area (Å²) >= 11 is 0. The molecule has 1 aromatic carbocycles. The van der Waals surface area contributed by atoms with Gasteiger partial charge < -0.3 is 18.9 Å². The first kappa shape index (κ1) is 22.0. The Balaban J connectivity index is 1.80.